The summed E-state index contributed by atoms with van der Waals surface area (Å²) in [6, 6.07) is -1.11. The van der Waals surface area contributed by atoms with Crippen LogP contribution in [-0.2, 0) is 14.3 Å². The monoisotopic (exact) mass is 271 g/mol. The van der Waals surface area contributed by atoms with E-state index in [1.807, 2.05) is 0 Å². The summed E-state index contributed by atoms with van der Waals surface area (Å²) in [5.41, 5.74) is -1.30. The molecule has 0 aliphatic rings. The molecule has 0 saturated carbocycles. The van der Waals surface area contributed by atoms with Crippen molar-refractivity contribution in [1.29, 1.82) is 0 Å². The molecule has 2 N–H and O–H groups in total. The molecule has 106 valence electrons. The number of ether oxygens (including phenoxy) is 1. The molecule has 0 unspecified atom stereocenters. The number of hydrogen-bond donors (Lipinski definition) is 2. The van der Waals surface area contributed by atoms with Crippen LogP contribution in [0.1, 0.15) is 27.2 Å². The fraction of sp³-hybridized carbons (Fsp3) is 0.800. The highest BCUT2D eigenvalue weighted by Gasteiger charge is 2.40. The van der Waals surface area contributed by atoms with Gasteiger partial charge in [-0.25, -0.2) is 0 Å². The van der Waals surface area contributed by atoms with E-state index in [2.05, 4.69) is 4.74 Å². The molecule has 0 heterocycles. The maximum atomic E-state index is 12.1. The second-order valence-electron chi connectivity index (χ2n) is 4.49. The number of carbonyl (C=O) groups is 2. The van der Waals surface area contributed by atoms with Crippen LogP contribution in [-0.4, -0.2) is 41.4 Å². The van der Waals surface area contributed by atoms with Gasteiger partial charge in [0.05, 0.1) is 11.6 Å². The molecule has 0 radical (unpaired) electrons. The van der Waals surface area contributed by atoms with E-state index < -0.39 is 36.3 Å². The van der Waals surface area contributed by atoms with Gasteiger partial charge < -0.3 is 15.2 Å². The molecule has 0 aromatic heterocycles. The molecule has 0 saturated heterocycles. The summed E-state index contributed by atoms with van der Waals surface area (Å²) in [4.78, 5) is 21.3. The fourth-order valence-corrected chi connectivity index (χ4v) is 1.24. The van der Waals surface area contributed by atoms with Gasteiger partial charge in [-0.15, -0.1) is 0 Å². The predicted octanol–water partition coefficient (Wildman–Crippen LogP) is 0.758. The lowest BCUT2D eigenvalue weighted by molar-refractivity contribution is -0.175. The van der Waals surface area contributed by atoms with E-state index in [4.69, 9.17) is 0 Å². The fourth-order valence-electron chi connectivity index (χ4n) is 1.24. The minimum atomic E-state index is -5.02. The van der Waals surface area contributed by atoms with Crippen LogP contribution in [0.2, 0.25) is 0 Å². The lowest BCUT2D eigenvalue weighted by Gasteiger charge is -2.25. The van der Waals surface area contributed by atoms with Crippen LogP contribution < -0.4 is 5.32 Å². The quantitative estimate of drug-likeness (QED) is 0.724. The van der Waals surface area contributed by atoms with Crippen molar-refractivity contribution in [3.05, 3.63) is 0 Å². The lowest BCUT2D eigenvalue weighted by atomic mass is 9.99. The van der Waals surface area contributed by atoms with Crippen LogP contribution in [0.25, 0.3) is 0 Å². The van der Waals surface area contributed by atoms with Crippen molar-refractivity contribution in [1.82, 2.24) is 5.32 Å². The van der Waals surface area contributed by atoms with Crippen LogP contribution in [0.3, 0.4) is 0 Å². The van der Waals surface area contributed by atoms with Gasteiger partial charge in [-0.2, -0.15) is 13.2 Å². The summed E-state index contributed by atoms with van der Waals surface area (Å²) >= 11 is 0. The topological polar surface area (TPSA) is 75.6 Å². The molecule has 0 aromatic carbocycles. The van der Waals surface area contributed by atoms with Gasteiger partial charge in [-0.1, -0.05) is 0 Å². The number of halogens is 3. The second-order valence-corrected chi connectivity index (χ2v) is 4.49. The average molecular weight is 271 g/mol. The molecule has 0 aliphatic heterocycles. The van der Waals surface area contributed by atoms with Crippen molar-refractivity contribution in [2.24, 2.45) is 0 Å². The van der Waals surface area contributed by atoms with E-state index in [-0.39, 0.29) is 6.42 Å². The summed E-state index contributed by atoms with van der Waals surface area (Å²) in [5, 5.41) is 11.2. The number of carbonyl (C=O) groups excluding carboxylic acids is 2. The van der Waals surface area contributed by atoms with Gasteiger partial charge in [-0.3, -0.25) is 9.59 Å². The third kappa shape index (κ3) is 7.88. The number of amides is 1. The molecular formula is C10H16F3NO4. The van der Waals surface area contributed by atoms with Crippen LogP contribution >= 0.6 is 0 Å². The van der Waals surface area contributed by atoms with Crippen molar-refractivity contribution < 1.29 is 32.6 Å². The molecule has 0 spiro atoms. The zero-order valence-corrected chi connectivity index (χ0v) is 10.3. The lowest BCUT2D eigenvalue weighted by Crippen LogP contribution is -2.48. The smallest absolute Gasteiger partial charge is 0.464 e. The summed E-state index contributed by atoms with van der Waals surface area (Å²) in [6.45, 7) is 3.40. The molecular weight excluding hydrogens is 255 g/mol. The van der Waals surface area contributed by atoms with Gasteiger partial charge in [0, 0.05) is 6.92 Å². The van der Waals surface area contributed by atoms with Gasteiger partial charge in [0.2, 0.25) is 0 Å². The van der Waals surface area contributed by atoms with E-state index in [1.54, 1.807) is 5.32 Å². The third-order valence-electron chi connectivity index (χ3n) is 1.83. The summed E-state index contributed by atoms with van der Waals surface area (Å²) < 4.78 is 40.7. The van der Waals surface area contributed by atoms with Crippen molar-refractivity contribution in [2.75, 3.05) is 6.61 Å². The summed E-state index contributed by atoms with van der Waals surface area (Å²) in [5.74, 6) is -2.82. The van der Waals surface area contributed by atoms with Crippen LogP contribution in [0.15, 0.2) is 0 Å². The summed E-state index contributed by atoms with van der Waals surface area (Å²) in [7, 11) is 0. The highest BCUT2D eigenvalue weighted by molar-refractivity contribution is 5.82. The first kappa shape index (κ1) is 16.7. The second kappa shape index (κ2) is 6.03. The van der Waals surface area contributed by atoms with Crippen molar-refractivity contribution in [3.8, 4) is 0 Å². The highest BCUT2D eigenvalue weighted by Crippen LogP contribution is 2.17. The standard InChI is InChI=1S/C10H16F3NO4/c1-6(15)18-5-7(4-9(2,3)17)14-8(16)10(11,12)13/h7,17H,4-5H2,1-3H3,(H,14,16)/t7-/m0/s1. The molecule has 0 aliphatic carbocycles. The molecule has 1 atom stereocenters. The number of esters is 1. The molecule has 1 amide bonds. The first-order valence-corrected chi connectivity index (χ1v) is 5.15. The first-order valence-electron chi connectivity index (χ1n) is 5.15. The Hall–Kier alpha value is -1.31. The molecule has 8 heteroatoms. The minimum Gasteiger partial charge on any atom is -0.464 e. The first-order chi connectivity index (χ1) is 7.92. The SMILES string of the molecule is CC(=O)OC[C@H](CC(C)(C)O)NC(=O)C(F)(F)F. The third-order valence-corrected chi connectivity index (χ3v) is 1.83. The number of hydrogen-bond acceptors (Lipinski definition) is 4. The van der Waals surface area contributed by atoms with Crippen LogP contribution in [0, 0.1) is 0 Å². The Morgan fingerprint density at radius 3 is 2.17 bits per heavy atom. The van der Waals surface area contributed by atoms with E-state index in [0.717, 1.165) is 6.92 Å². The Morgan fingerprint density at radius 2 is 1.83 bits per heavy atom. The Bertz CT molecular complexity index is 309. The van der Waals surface area contributed by atoms with Crippen molar-refractivity contribution in [3.63, 3.8) is 0 Å². The van der Waals surface area contributed by atoms with E-state index >= 15 is 0 Å². The normalized spacial score (nSPS) is 13.9. The van der Waals surface area contributed by atoms with E-state index in [1.165, 1.54) is 13.8 Å². The number of nitrogens with one attached hydrogen (secondary N) is 1. The average Bonchev–Trinajstić information content (AvgIpc) is 2.09. The Balaban J connectivity index is 4.57. The van der Waals surface area contributed by atoms with E-state index in [0.29, 0.717) is 0 Å². The Labute approximate surface area is 102 Å². The highest BCUT2D eigenvalue weighted by atomic mass is 19.4. The van der Waals surface area contributed by atoms with Gasteiger partial charge in [0.25, 0.3) is 0 Å². The van der Waals surface area contributed by atoms with Gasteiger partial charge in [-0.05, 0) is 20.3 Å². The maximum absolute atomic E-state index is 12.1. The number of aliphatic hydroxyl groups is 1. The zero-order valence-electron chi connectivity index (χ0n) is 10.3. The summed E-state index contributed by atoms with van der Waals surface area (Å²) in [6.07, 6.45) is -5.20. The molecule has 0 bridgehead atoms. The Kier molecular flexibility index (Phi) is 5.59. The maximum Gasteiger partial charge on any atom is 0.471 e. The van der Waals surface area contributed by atoms with Gasteiger partial charge in [0.15, 0.2) is 0 Å². The molecule has 18 heavy (non-hydrogen) atoms. The zero-order chi connectivity index (χ0) is 14.6. The predicted molar refractivity (Wildman–Crippen MR) is 55.5 cm³/mol. The largest absolute Gasteiger partial charge is 0.471 e. The molecule has 0 fully saturated rings. The van der Waals surface area contributed by atoms with Crippen LogP contribution in [0.5, 0.6) is 0 Å². The van der Waals surface area contributed by atoms with Gasteiger partial charge in [0.1, 0.15) is 6.61 Å². The molecule has 0 aromatic rings. The number of alkyl halides is 3. The van der Waals surface area contributed by atoms with Gasteiger partial charge >= 0.3 is 18.1 Å². The minimum absolute atomic E-state index is 0.178. The molecule has 5 nitrogen and oxygen atoms in total. The van der Waals surface area contributed by atoms with Crippen molar-refractivity contribution in [2.45, 2.75) is 45.0 Å². The van der Waals surface area contributed by atoms with Crippen molar-refractivity contribution >= 4 is 11.9 Å². The van der Waals surface area contributed by atoms with Crippen LogP contribution in [0.4, 0.5) is 13.2 Å². The Morgan fingerprint density at radius 1 is 1.33 bits per heavy atom. The number of rotatable bonds is 5. The molecule has 0 rings (SSSR count). The van der Waals surface area contributed by atoms with E-state index in [9.17, 15) is 27.9 Å².